The highest BCUT2D eigenvalue weighted by Crippen LogP contribution is 2.30. The van der Waals surface area contributed by atoms with Crippen molar-refractivity contribution in [1.82, 2.24) is 0 Å². The third kappa shape index (κ3) is 4.90. The first kappa shape index (κ1) is 16.6. The van der Waals surface area contributed by atoms with Crippen LogP contribution in [0.15, 0.2) is 23.1 Å². The second-order valence-corrected chi connectivity index (χ2v) is 8.89. The summed E-state index contributed by atoms with van der Waals surface area (Å²) in [6, 6.07) is 4.31. The first-order valence-corrected chi connectivity index (χ1v) is 10.1. The highest BCUT2D eigenvalue weighted by Gasteiger charge is 2.17. The lowest BCUT2D eigenvalue weighted by atomic mass is 10.3. The molecule has 1 aromatic carbocycles. The molecule has 1 fully saturated rings. The van der Waals surface area contributed by atoms with E-state index in [-0.39, 0.29) is 10.8 Å². The van der Waals surface area contributed by atoms with Crippen LogP contribution in [-0.4, -0.2) is 31.6 Å². The molecule has 0 atom stereocenters. The summed E-state index contributed by atoms with van der Waals surface area (Å²) in [6.45, 7) is 0. The number of nitrogens with one attached hydrogen (secondary N) is 1. The van der Waals surface area contributed by atoms with E-state index in [1.165, 1.54) is 43.9 Å². The van der Waals surface area contributed by atoms with Crippen molar-refractivity contribution in [3.8, 4) is 0 Å². The highest BCUT2D eigenvalue weighted by molar-refractivity contribution is 8.00. The zero-order valence-corrected chi connectivity index (χ0v) is 14.2. The van der Waals surface area contributed by atoms with Crippen LogP contribution in [0.2, 0.25) is 5.02 Å². The zero-order chi connectivity index (χ0) is 15.5. The average Bonchev–Trinajstić information content (AvgIpc) is 2.91. The number of thioether (sulfide) groups is 1. The first-order valence-electron chi connectivity index (χ1n) is 6.77. The van der Waals surface area contributed by atoms with Crippen molar-refractivity contribution in [2.45, 2.75) is 35.8 Å². The quantitative estimate of drug-likeness (QED) is 0.887. The molecule has 1 N–H and O–H groups in total. The number of sulfone groups is 1. The summed E-state index contributed by atoms with van der Waals surface area (Å²) in [5, 5.41) is 3.59. The third-order valence-corrected chi connectivity index (χ3v) is 6.20. The molecule has 0 bridgehead atoms. The van der Waals surface area contributed by atoms with Crippen LogP contribution in [0.3, 0.4) is 0 Å². The van der Waals surface area contributed by atoms with Gasteiger partial charge in [-0.25, -0.2) is 8.42 Å². The minimum atomic E-state index is -3.32. The predicted molar refractivity (Wildman–Crippen MR) is 87.9 cm³/mol. The zero-order valence-electron chi connectivity index (χ0n) is 11.8. The van der Waals surface area contributed by atoms with E-state index in [0.717, 1.165) is 6.26 Å². The van der Waals surface area contributed by atoms with Crippen molar-refractivity contribution in [3.05, 3.63) is 23.2 Å². The van der Waals surface area contributed by atoms with Crippen molar-refractivity contribution in [2.24, 2.45) is 0 Å². The normalized spacial score (nSPS) is 16.1. The van der Waals surface area contributed by atoms with Crippen LogP contribution in [0.25, 0.3) is 0 Å². The van der Waals surface area contributed by atoms with Gasteiger partial charge in [0.15, 0.2) is 9.84 Å². The molecule has 0 aromatic heterocycles. The molecular weight excluding hydrogens is 330 g/mol. The maximum absolute atomic E-state index is 11.9. The molecule has 1 aliphatic rings. The Morgan fingerprint density at radius 1 is 1.38 bits per heavy atom. The second kappa shape index (κ2) is 7.03. The van der Waals surface area contributed by atoms with E-state index in [1.54, 1.807) is 11.8 Å². The van der Waals surface area contributed by atoms with Gasteiger partial charge in [0.05, 0.1) is 21.4 Å². The van der Waals surface area contributed by atoms with Gasteiger partial charge in [-0.05, 0) is 31.0 Å². The number of hydrogen-bond donors (Lipinski definition) is 1. The van der Waals surface area contributed by atoms with Gasteiger partial charge < -0.3 is 5.32 Å². The van der Waals surface area contributed by atoms with Gasteiger partial charge in [0, 0.05) is 11.5 Å². The molecule has 0 saturated heterocycles. The maximum Gasteiger partial charge on any atom is 0.234 e. The van der Waals surface area contributed by atoms with E-state index < -0.39 is 9.84 Å². The number of carbonyl (C=O) groups excluding carboxylic acids is 1. The van der Waals surface area contributed by atoms with Gasteiger partial charge in [0.2, 0.25) is 5.91 Å². The van der Waals surface area contributed by atoms with Crippen LogP contribution in [0, 0.1) is 0 Å². The molecule has 0 heterocycles. The number of anilines is 1. The van der Waals surface area contributed by atoms with Gasteiger partial charge in [-0.3, -0.25) is 4.79 Å². The fourth-order valence-electron chi connectivity index (χ4n) is 2.27. The summed E-state index contributed by atoms with van der Waals surface area (Å²) in [6.07, 6.45) is 5.94. The highest BCUT2D eigenvalue weighted by atomic mass is 35.5. The number of benzene rings is 1. The molecule has 7 heteroatoms. The van der Waals surface area contributed by atoms with E-state index in [1.807, 2.05) is 0 Å². The van der Waals surface area contributed by atoms with Gasteiger partial charge in [-0.15, -0.1) is 11.8 Å². The van der Waals surface area contributed by atoms with Gasteiger partial charge in [0.1, 0.15) is 0 Å². The molecular formula is C14H18ClNO3S2. The Kier molecular flexibility index (Phi) is 5.57. The molecule has 0 radical (unpaired) electrons. The van der Waals surface area contributed by atoms with Crippen molar-refractivity contribution in [2.75, 3.05) is 17.3 Å². The van der Waals surface area contributed by atoms with Gasteiger partial charge in [-0.1, -0.05) is 24.4 Å². The van der Waals surface area contributed by atoms with E-state index >= 15 is 0 Å². The minimum Gasteiger partial charge on any atom is -0.324 e. The standard InChI is InChI=1S/C14H18ClNO3S2/c1-21(18,19)11-6-7-12(15)13(8-11)16-14(17)9-20-10-4-2-3-5-10/h6-8,10H,2-5,9H2,1H3,(H,16,17). The first-order chi connectivity index (χ1) is 9.86. The van der Waals surface area contributed by atoms with E-state index in [4.69, 9.17) is 11.6 Å². The summed E-state index contributed by atoms with van der Waals surface area (Å²) in [7, 11) is -3.32. The number of halogens is 1. The number of carbonyl (C=O) groups is 1. The Morgan fingerprint density at radius 2 is 2.05 bits per heavy atom. The van der Waals surface area contributed by atoms with Crippen LogP contribution >= 0.6 is 23.4 Å². The van der Waals surface area contributed by atoms with Crippen LogP contribution < -0.4 is 5.32 Å². The van der Waals surface area contributed by atoms with Crippen LogP contribution in [0.4, 0.5) is 5.69 Å². The third-order valence-electron chi connectivity index (χ3n) is 3.39. The van der Waals surface area contributed by atoms with Gasteiger partial charge in [0.25, 0.3) is 0 Å². The summed E-state index contributed by atoms with van der Waals surface area (Å²) in [5.74, 6) is 0.212. The molecule has 0 spiro atoms. The molecule has 1 aromatic rings. The Bertz CT molecular complexity index is 625. The lowest BCUT2D eigenvalue weighted by molar-refractivity contribution is -0.113. The Labute approximate surface area is 134 Å². The molecule has 21 heavy (non-hydrogen) atoms. The van der Waals surface area contributed by atoms with E-state index in [9.17, 15) is 13.2 Å². The smallest absolute Gasteiger partial charge is 0.234 e. The Hall–Kier alpha value is -0.720. The van der Waals surface area contributed by atoms with Crippen LogP contribution in [0.1, 0.15) is 25.7 Å². The molecule has 0 unspecified atom stereocenters. The fraction of sp³-hybridized carbons (Fsp3) is 0.500. The van der Waals surface area contributed by atoms with Gasteiger partial charge >= 0.3 is 0 Å². The SMILES string of the molecule is CS(=O)(=O)c1ccc(Cl)c(NC(=O)CSC2CCCC2)c1. The lowest BCUT2D eigenvalue weighted by Crippen LogP contribution is -2.16. The Balaban J connectivity index is 1.99. The largest absolute Gasteiger partial charge is 0.324 e. The topological polar surface area (TPSA) is 63.2 Å². The lowest BCUT2D eigenvalue weighted by Gasteiger charge is -2.11. The fourth-order valence-corrected chi connectivity index (χ4v) is 4.20. The van der Waals surface area contributed by atoms with Crippen molar-refractivity contribution >= 4 is 44.8 Å². The summed E-state index contributed by atoms with van der Waals surface area (Å²) >= 11 is 7.65. The Morgan fingerprint density at radius 3 is 2.67 bits per heavy atom. The number of hydrogen-bond acceptors (Lipinski definition) is 4. The van der Waals surface area contributed by atoms with E-state index in [2.05, 4.69) is 5.32 Å². The predicted octanol–water partition coefficient (Wildman–Crippen LogP) is 3.36. The molecule has 1 saturated carbocycles. The maximum atomic E-state index is 11.9. The monoisotopic (exact) mass is 347 g/mol. The van der Waals surface area contributed by atoms with Crippen LogP contribution in [0.5, 0.6) is 0 Å². The summed E-state index contributed by atoms with van der Waals surface area (Å²) in [4.78, 5) is 12.1. The van der Waals surface area contributed by atoms with Crippen molar-refractivity contribution in [3.63, 3.8) is 0 Å². The summed E-state index contributed by atoms with van der Waals surface area (Å²) < 4.78 is 23.0. The molecule has 1 aliphatic carbocycles. The second-order valence-electron chi connectivity index (χ2n) is 5.18. The number of amides is 1. The van der Waals surface area contributed by atoms with E-state index in [0.29, 0.717) is 21.7 Å². The van der Waals surface area contributed by atoms with Crippen molar-refractivity contribution in [1.29, 1.82) is 0 Å². The van der Waals surface area contributed by atoms with Gasteiger partial charge in [-0.2, -0.15) is 0 Å². The van der Waals surface area contributed by atoms with Crippen LogP contribution in [-0.2, 0) is 14.6 Å². The molecule has 1 amide bonds. The van der Waals surface area contributed by atoms with Crippen molar-refractivity contribution < 1.29 is 13.2 Å². The summed E-state index contributed by atoms with van der Waals surface area (Å²) in [5.41, 5.74) is 0.344. The minimum absolute atomic E-state index is 0.144. The average molecular weight is 348 g/mol. The molecule has 116 valence electrons. The number of rotatable bonds is 5. The molecule has 4 nitrogen and oxygen atoms in total. The molecule has 0 aliphatic heterocycles. The molecule has 2 rings (SSSR count).